The molecule has 1 fully saturated rings. The van der Waals surface area contributed by atoms with Crippen LogP contribution in [-0.4, -0.2) is 66.4 Å². The van der Waals surface area contributed by atoms with E-state index < -0.39 is 23.7 Å². The number of rotatable bonds is 8. The first-order valence-corrected chi connectivity index (χ1v) is 12.0. The number of ether oxygens (including phenoxy) is 2. The molecule has 4 rings (SSSR count). The summed E-state index contributed by atoms with van der Waals surface area (Å²) in [6.07, 6.45) is 0.186. The number of carbonyl (C=O) groups is 3. The van der Waals surface area contributed by atoms with Crippen LogP contribution in [0.4, 0.5) is 4.79 Å². The minimum Gasteiger partial charge on any atom is -0.479 e. The van der Waals surface area contributed by atoms with Gasteiger partial charge in [-0.3, -0.25) is 4.79 Å². The van der Waals surface area contributed by atoms with Crippen LogP contribution in [-0.2, 0) is 19.1 Å². The Labute approximate surface area is 205 Å². The first kappa shape index (κ1) is 24.7. The Morgan fingerprint density at radius 3 is 2.23 bits per heavy atom. The average Bonchev–Trinajstić information content (AvgIpc) is 3.46. The number of carboxylic acid groups (broad SMARTS) is 1. The van der Waals surface area contributed by atoms with Gasteiger partial charge in [0.2, 0.25) is 5.91 Å². The van der Waals surface area contributed by atoms with Crippen LogP contribution in [0, 0.1) is 5.92 Å². The molecule has 1 aliphatic heterocycles. The number of hydrogen-bond acceptors (Lipinski definition) is 5. The number of alkyl carbamates (subject to hydrolysis) is 1. The van der Waals surface area contributed by atoms with Crippen molar-refractivity contribution in [3.63, 3.8) is 0 Å². The molecule has 1 aliphatic carbocycles. The van der Waals surface area contributed by atoms with E-state index in [0.29, 0.717) is 6.42 Å². The van der Waals surface area contributed by atoms with E-state index in [-0.39, 0.29) is 43.9 Å². The van der Waals surface area contributed by atoms with Gasteiger partial charge in [0, 0.05) is 26.0 Å². The summed E-state index contributed by atoms with van der Waals surface area (Å²) in [6.45, 7) is 4.15. The van der Waals surface area contributed by atoms with E-state index in [9.17, 15) is 19.5 Å². The van der Waals surface area contributed by atoms with E-state index in [1.807, 2.05) is 50.2 Å². The fourth-order valence-corrected chi connectivity index (χ4v) is 5.05. The number of likely N-dealkylation sites (tertiary alicyclic amines) is 1. The lowest BCUT2D eigenvalue weighted by Crippen LogP contribution is -2.53. The number of hydrogen-bond donors (Lipinski definition) is 2. The first-order chi connectivity index (χ1) is 16.8. The highest BCUT2D eigenvalue weighted by atomic mass is 16.5. The Morgan fingerprint density at radius 2 is 1.71 bits per heavy atom. The lowest BCUT2D eigenvalue weighted by atomic mass is 9.97. The van der Waals surface area contributed by atoms with Gasteiger partial charge < -0.3 is 24.8 Å². The molecule has 3 atom stereocenters. The second kappa shape index (κ2) is 10.1. The topological polar surface area (TPSA) is 105 Å². The zero-order valence-electron chi connectivity index (χ0n) is 20.3. The minimum atomic E-state index is -1.42. The Bertz CT molecular complexity index is 1070. The second-order valence-electron chi connectivity index (χ2n) is 9.35. The van der Waals surface area contributed by atoms with Gasteiger partial charge in [-0.15, -0.1) is 0 Å². The molecule has 2 aliphatic rings. The van der Waals surface area contributed by atoms with Crippen molar-refractivity contribution in [3.05, 3.63) is 59.7 Å². The van der Waals surface area contributed by atoms with Crippen molar-refractivity contribution < 1.29 is 29.0 Å². The van der Waals surface area contributed by atoms with Crippen LogP contribution in [0.2, 0.25) is 0 Å². The second-order valence-corrected chi connectivity index (χ2v) is 9.35. The Morgan fingerprint density at radius 1 is 1.11 bits per heavy atom. The standard InChI is InChI=1S/C27H32N2O6/c1-4-17(2)23(24(30)29-14-13-27(16-29,34-3)25(31)32)28-26(33)35-15-22-20-11-7-5-9-18(20)19-10-6-8-12-21(19)22/h5-12,17,22-23H,4,13-16H2,1-3H3,(H,28,33)(H,31,32)/t17?,23-,27?/m0/s1. The van der Waals surface area contributed by atoms with Gasteiger partial charge in [0.25, 0.3) is 0 Å². The van der Waals surface area contributed by atoms with Crippen molar-refractivity contribution in [1.82, 2.24) is 10.2 Å². The summed E-state index contributed by atoms with van der Waals surface area (Å²) in [5, 5.41) is 12.3. The van der Waals surface area contributed by atoms with Crippen LogP contribution in [0.5, 0.6) is 0 Å². The quantitative estimate of drug-likeness (QED) is 0.598. The number of benzene rings is 2. The molecule has 2 amide bonds. The lowest BCUT2D eigenvalue weighted by molar-refractivity contribution is -0.161. The van der Waals surface area contributed by atoms with Gasteiger partial charge >= 0.3 is 12.1 Å². The minimum absolute atomic E-state index is 0.0586. The molecule has 0 spiro atoms. The van der Waals surface area contributed by atoms with Crippen molar-refractivity contribution in [2.45, 2.75) is 44.2 Å². The number of methoxy groups -OCH3 is 1. The molecular formula is C27H32N2O6. The number of carbonyl (C=O) groups excluding carboxylic acids is 2. The summed E-state index contributed by atoms with van der Waals surface area (Å²) in [6, 6.07) is 15.3. The SMILES string of the molecule is CCC(C)[C@H](NC(=O)OCC1c2ccccc2-c2ccccc21)C(=O)N1CCC(OC)(C(=O)O)C1. The molecule has 2 N–H and O–H groups in total. The molecule has 2 aromatic carbocycles. The first-order valence-electron chi connectivity index (χ1n) is 12.0. The number of nitrogens with one attached hydrogen (secondary N) is 1. The van der Waals surface area contributed by atoms with Gasteiger partial charge in [-0.25, -0.2) is 9.59 Å². The molecular weight excluding hydrogens is 448 g/mol. The van der Waals surface area contributed by atoms with Crippen molar-refractivity contribution in [1.29, 1.82) is 0 Å². The van der Waals surface area contributed by atoms with E-state index in [1.165, 1.54) is 12.0 Å². The van der Waals surface area contributed by atoms with Crippen molar-refractivity contribution in [2.75, 3.05) is 26.8 Å². The van der Waals surface area contributed by atoms with Gasteiger partial charge in [0.15, 0.2) is 5.60 Å². The van der Waals surface area contributed by atoms with E-state index in [2.05, 4.69) is 17.4 Å². The van der Waals surface area contributed by atoms with Crippen molar-refractivity contribution >= 4 is 18.0 Å². The molecule has 1 heterocycles. The summed E-state index contributed by atoms with van der Waals surface area (Å²) >= 11 is 0. The molecule has 35 heavy (non-hydrogen) atoms. The number of carboxylic acids is 1. The summed E-state index contributed by atoms with van der Waals surface area (Å²) in [5.74, 6) is -1.67. The van der Waals surface area contributed by atoms with Crippen LogP contribution in [0.25, 0.3) is 11.1 Å². The number of amides is 2. The highest BCUT2D eigenvalue weighted by molar-refractivity contribution is 5.88. The molecule has 0 aromatic heterocycles. The fourth-order valence-electron chi connectivity index (χ4n) is 5.05. The molecule has 0 radical (unpaired) electrons. The van der Waals surface area contributed by atoms with Gasteiger partial charge in [-0.2, -0.15) is 0 Å². The van der Waals surface area contributed by atoms with Crippen LogP contribution in [0.1, 0.15) is 43.7 Å². The highest BCUT2D eigenvalue weighted by Crippen LogP contribution is 2.44. The van der Waals surface area contributed by atoms with E-state index >= 15 is 0 Å². The molecule has 8 nitrogen and oxygen atoms in total. The van der Waals surface area contributed by atoms with Gasteiger partial charge in [-0.05, 0) is 28.2 Å². The monoisotopic (exact) mass is 480 g/mol. The van der Waals surface area contributed by atoms with E-state index in [4.69, 9.17) is 9.47 Å². The fraction of sp³-hybridized carbons (Fsp3) is 0.444. The molecule has 2 unspecified atom stereocenters. The molecule has 0 saturated carbocycles. The van der Waals surface area contributed by atoms with Crippen molar-refractivity contribution in [3.8, 4) is 11.1 Å². The number of nitrogens with zero attached hydrogens (tertiary/aromatic N) is 1. The van der Waals surface area contributed by atoms with Gasteiger partial charge in [0.1, 0.15) is 12.6 Å². The summed E-state index contributed by atoms with van der Waals surface area (Å²) < 4.78 is 10.9. The Hall–Kier alpha value is -3.39. The summed E-state index contributed by atoms with van der Waals surface area (Å²) in [5.41, 5.74) is 3.08. The van der Waals surface area contributed by atoms with Crippen LogP contribution >= 0.6 is 0 Å². The van der Waals surface area contributed by atoms with Crippen LogP contribution < -0.4 is 5.32 Å². The average molecular weight is 481 g/mol. The molecule has 186 valence electrons. The van der Waals surface area contributed by atoms with E-state index in [1.54, 1.807) is 0 Å². The third kappa shape index (κ3) is 4.62. The normalized spacial score (nSPS) is 20.6. The maximum absolute atomic E-state index is 13.3. The maximum atomic E-state index is 13.3. The zero-order valence-corrected chi connectivity index (χ0v) is 20.3. The number of fused-ring (bicyclic) bond motifs is 3. The third-order valence-electron chi connectivity index (χ3n) is 7.42. The van der Waals surface area contributed by atoms with Crippen LogP contribution in [0.3, 0.4) is 0 Å². The molecule has 2 aromatic rings. The zero-order chi connectivity index (χ0) is 25.2. The summed E-state index contributed by atoms with van der Waals surface area (Å²) in [4.78, 5) is 39.3. The maximum Gasteiger partial charge on any atom is 0.407 e. The number of aliphatic carboxylic acids is 1. The lowest BCUT2D eigenvalue weighted by Gasteiger charge is -2.29. The predicted octanol–water partition coefficient (Wildman–Crippen LogP) is 3.64. The molecule has 8 heteroatoms. The summed E-state index contributed by atoms with van der Waals surface area (Å²) in [7, 11) is 1.34. The Balaban J connectivity index is 1.44. The van der Waals surface area contributed by atoms with Gasteiger partial charge in [-0.1, -0.05) is 68.8 Å². The molecule has 0 bridgehead atoms. The highest BCUT2D eigenvalue weighted by Gasteiger charge is 2.48. The van der Waals surface area contributed by atoms with Crippen LogP contribution in [0.15, 0.2) is 48.5 Å². The Kier molecular flexibility index (Phi) is 7.12. The predicted molar refractivity (Wildman–Crippen MR) is 130 cm³/mol. The van der Waals surface area contributed by atoms with Gasteiger partial charge in [0.05, 0.1) is 6.54 Å². The van der Waals surface area contributed by atoms with Crippen molar-refractivity contribution in [2.24, 2.45) is 5.92 Å². The molecule has 1 saturated heterocycles. The third-order valence-corrected chi connectivity index (χ3v) is 7.42. The largest absolute Gasteiger partial charge is 0.479 e. The van der Waals surface area contributed by atoms with E-state index in [0.717, 1.165) is 22.3 Å². The smallest absolute Gasteiger partial charge is 0.407 e.